The standard InChI is InChI=1S/C23H26FN3O3/c1-13(2)29-15-6-8-20-18(11-15)23(12-28-22(25)27-23)17-10-14(5-7-19(17)30-20)16-4-3-9-26-21(16)24/h3-5,7,9-10,13,15,18,20H,6,8,11-12H2,1-2H3,(H2,25,27)/t15-,18+,20?,23?/m1/s1. The summed E-state index contributed by atoms with van der Waals surface area (Å²) in [7, 11) is 0. The SMILES string of the molecule is CC(C)O[C@@H]1CCC2Oc3ccc(-c4cccnc4F)cc3C3(COC(N)=N3)[C@H]2C1. The van der Waals surface area contributed by atoms with Gasteiger partial charge in [-0.3, -0.25) is 0 Å². The number of fused-ring (bicyclic) bond motifs is 4. The molecule has 0 radical (unpaired) electrons. The van der Waals surface area contributed by atoms with Crippen molar-refractivity contribution in [2.24, 2.45) is 16.6 Å². The molecule has 1 fully saturated rings. The third kappa shape index (κ3) is 3.12. The van der Waals surface area contributed by atoms with Gasteiger partial charge in [0.25, 0.3) is 6.02 Å². The maximum Gasteiger partial charge on any atom is 0.283 e. The number of aliphatic imine (C=N–C) groups is 1. The van der Waals surface area contributed by atoms with E-state index in [9.17, 15) is 4.39 Å². The van der Waals surface area contributed by atoms with Crippen molar-refractivity contribution in [3.8, 4) is 16.9 Å². The van der Waals surface area contributed by atoms with E-state index >= 15 is 0 Å². The minimum Gasteiger partial charge on any atom is -0.490 e. The van der Waals surface area contributed by atoms with Crippen LogP contribution in [0.4, 0.5) is 4.39 Å². The monoisotopic (exact) mass is 411 g/mol. The van der Waals surface area contributed by atoms with Crippen molar-refractivity contribution in [3.05, 3.63) is 48.0 Å². The normalized spacial score (nSPS) is 29.7. The second-order valence-electron chi connectivity index (χ2n) is 8.60. The molecule has 30 heavy (non-hydrogen) atoms. The average Bonchev–Trinajstić information content (AvgIpc) is 3.11. The Labute approximate surface area is 175 Å². The van der Waals surface area contributed by atoms with Crippen molar-refractivity contribution < 1.29 is 18.6 Å². The van der Waals surface area contributed by atoms with Gasteiger partial charge in [0.1, 0.15) is 24.0 Å². The van der Waals surface area contributed by atoms with Gasteiger partial charge >= 0.3 is 0 Å². The van der Waals surface area contributed by atoms with Crippen molar-refractivity contribution in [3.63, 3.8) is 0 Å². The quantitative estimate of drug-likeness (QED) is 0.778. The molecule has 0 amide bonds. The number of nitrogens with zero attached hydrogens (tertiary/aromatic N) is 2. The highest BCUT2D eigenvalue weighted by atomic mass is 19.1. The molecule has 2 aromatic rings. The number of pyridine rings is 1. The highest BCUT2D eigenvalue weighted by molar-refractivity contribution is 5.75. The van der Waals surface area contributed by atoms with Gasteiger partial charge in [0.05, 0.1) is 12.2 Å². The van der Waals surface area contributed by atoms with Crippen LogP contribution in [-0.2, 0) is 15.0 Å². The molecule has 2 N–H and O–H groups in total. The van der Waals surface area contributed by atoms with E-state index in [4.69, 9.17) is 24.9 Å². The third-order valence-corrected chi connectivity index (χ3v) is 6.36. The Morgan fingerprint density at radius 3 is 2.87 bits per heavy atom. The Morgan fingerprint density at radius 2 is 2.13 bits per heavy atom. The van der Waals surface area contributed by atoms with Crippen LogP contribution in [0.25, 0.3) is 11.1 Å². The van der Waals surface area contributed by atoms with Gasteiger partial charge < -0.3 is 19.9 Å². The molecule has 158 valence electrons. The number of nitrogens with two attached hydrogens (primary N) is 1. The van der Waals surface area contributed by atoms with Crippen LogP contribution < -0.4 is 10.5 Å². The van der Waals surface area contributed by atoms with Gasteiger partial charge in [-0.05, 0) is 62.9 Å². The summed E-state index contributed by atoms with van der Waals surface area (Å²) in [5.41, 5.74) is 7.39. The minimum absolute atomic E-state index is 0.0174. The fourth-order valence-corrected chi connectivity index (χ4v) is 5.13. The molecule has 4 atom stereocenters. The number of hydrogen-bond donors (Lipinski definition) is 1. The summed E-state index contributed by atoms with van der Waals surface area (Å²) in [5.74, 6) is 0.321. The largest absolute Gasteiger partial charge is 0.490 e. The van der Waals surface area contributed by atoms with Gasteiger partial charge in [-0.25, -0.2) is 9.98 Å². The zero-order valence-electron chi connectivity index (χ0n) is 17.2. The van der Waals surface area contributed by atoms with Crippen LogP contribution in [0, 0.1) is 11.9 Å². The van der Waals surface area contributed by atoms with Crippen LogP contribution in [0.1, 0.15) is 38.7 Å². The third-order valence-electron chi connectivity index (χ3n) is 6.36. The fourth-order valence-electron chi connectivity index (χ4n) is 5.13. The molecule has 3 aliphatic rings. The topological polar surface area (TPSA) is 79.0 Å². The molecule has 1 aromatic carbocycles. The first-order chi connectivity index (χ1) is 14.5. The molecule has 0 saturated heterocycles. The first-order valence-electron chi connectivity index (χ1n) is 10.5. The highest BCUT2D eigenvalue weighted by Gasteiger charge is 2.55. The fraction of sp³-hybridized carbons (Fsp3) is 0.478. The van der Waals surface area contributed by atoms with Crippen LogP contribution in [-0.4, -0.2) is 35.9 Å². The Bertz CT molecular complexity index is 995. The molecule has 1 aromatic heterocycles. The van der Waals surface area contributed by atoms with Crippen LogP contribution in [0.3, 0.4) is 0 Å². The molecule has 1 spiro atoms. The molecule has 6 nitrogen and oxygen atoms in total. The minimum atomic E-state index is -0.657. The predicted molar refractivity (Wildman–Crippen MR) is 111 cm³/mol. The second-order valence-corrected chi connectivity index (χ2v) is 8.60. The van der Waals surface area contributed by atoms with E-state index in [1.54, 1.807) is 12.1 Å². The molecule has 0 bridgehead atoms. The lowest BCUT2D eigenvalue weighted by molar-refractivity contribution is -0.0791. The van der Waals surface area contributed by atoms with Gasteiger partial charge in [0, 0.05) is 23.2 Å². The molecule has 3 heterocycles. The van der Waals surface area contributed by atoms with E-state index in [-0.39, 0.29) is 30.3 Å². The van der Waals surface area contributed by atoms with E-state index in [0.717, 1.165) is 36.1 Å². The van der Waals surface area contributed by atoms with Gasteiger partial charge in [0.2, 0.25) is 5.95 Å². The summed E-state index contributed by atoms with van der Waals surface area (Å²) in [6.45, 7) is 4.46. The highest BCUT2D eigenvalue weighted by Crippen LogP contribution is 2.53. The zero-order valence-corrected chi connectivity index (χ0v) is 17.2. The van der Waals surface area contributed by atoms with Gasteiger partial charge in [-0.1, -0.05) is 6.07 Å². The van der Waals surface area contributed by atoms with Crippen LogP contribution in [0.5, 0.6) is 5.75 Å². The molecule has 5 rings (SSSR count). The van der Waals surface area contributed by atoms with E-state index in [2.05, 4.69) is 18.8 Å². The molecule has 7 heteroatoms. The number of hydrogen-bond acceptors (Lipinski definition) is 6. The van der Waals surface area contributed by atoms with Gasteiger partial charge in [-0.15, -0.1) is 0 Å². The Hall–Kier alpha value is -2.67. The van der Waals surface area contributed by atoms with E-state index in [1.807, 2.05) is 18.2 Å². The number of halogens is 1. The Morgan fingerprint density at radius 1 is 1.27 bits per heavy atom. The van der Waals surface area contributed by atoms with Crippen LogP contribution >= 0.6 is 0 Å². The lowest BCUT2D eigenvalue weighted by atomic mass is 9.67. The molecule has 1 aliphatic carbocycles. The van der Waals surface area contributed by atoms with E-state index in [1.165, 1.54) is 6.20 Å². The number of aromatic nitrogens is 1. The average molecular weight is 411 g/mol. The summed E-state index contributed by atoms with van der Waals surface area (Å²) in [6, 6.07) is 9.35. The zero-order chi connectivity index (χ0) is 20.9. The lowest BCUT2D eigenvalue weighted by Crippen LogP contribution is -2.52. The lowest BCUT2D eigenvalue weighted by Gasteiger charge is -2.48. The van der Waals surface area contributed by atoms with Gasteiger partial charge in [0.15, 0.2) is 0 Å². The van der Waals surface area contributed by atoms with Crippen molar-refractivity contribution in [2.45, 2.75) is 57.0 Å². The maximum atomic E-state index is 14.3. The van der Waals surface area contributed by atoms with E-state index < -0.39 is 11.5 Å². The molecule has 1 saturated carbocycles. The van der Waals surface area contributed by atoms with E-state index in [0.29, 0.717) is 12.2 Å². The van der Waals surface area contributed by atoms with Crippen LogP contribution in [0.2, 0.25) is 0 Å². The Balaban J connectivity index is 1.60. The number of rotatable bonds is 3. The summed E-state index contributed by atoms with van der Waals surface area (Å²) < 4.78 is 32.6. The predicted octanol–water partition coefficient (Wildman–Crippen LogP) is 3.78. The van der Waals surface area contributed by atoms with Crippen molar-refractivity contribution in [2.75, 3.05) is 6.61 Å². The summed E-state index contributed by atoms with van der Waals surface area (Å²) in [4.78, 5) is 8.59. The van der Waals surface area contributed by atoms with Gasteiger partial charge in [-0.2, -0.15) is 4.39 Å². The Kier molecular flexibility index (Phi) is 4.65. The molecular formula is C23H26FN3O3. The first-order valence-corrected chi connectivity index (χ1v) is 10.5. The molecular weight excluding hydrogens is 385 g/mol. The number of benzene rings is 1. The summed E-state index contributed by atoms with van der Waals surface area (Å²) in [5, 5.41) is 0. The second kappa shape index (κ2) is 7.23. The smallest absolute Gasteiger partial charge is 0.283 e. The molecule has 2 aliphatic heterocycles. The van der Waals surface area contributed by atoms with Crippen molar-refractivity contribution in [1.82, 2.24) is 4.98 Å². The maximum absolute atomic E-state index is 14.3. The number of ether oxygens (including phenoxy) is 3. The first kappa shape index (κ1) is 19.3. The summed E-state index contributed by atoms with van der Waals surface area (Å²) >= 11 is 0. The number of amidine groups is 1. The summed E-state index contributed by atoms with van der Waals surface area (Å²) in [6.07, 6.45) is 4.41. The van der Waals surface area contributed by atoms with Crippen molar-refractivity contribution >= 4 is 6.02 Å². The van der Waals surface area contributed by atoms with Crippen molar-refractivity contribution in [1.29, 1.82) is 0 Å². The van der Waals surface area contributed by atoms with Crippen LogP contribution in [0.15, 0.2) is 41.5 Å². The molecule has 2 unspecified atom stereocenters.